The fraction of sp³-hybridized carbons (Fsp3) is 0.643. The van der Waals surface area contributed by atoms with Gasteiger partial charge < -0.3 is 21.3 Å². The van der Waals surface area contributed by atoms with E-state index in [0.717, 1.165) is 39.5 Å². The summed E-state index contributed by atoms with van der Waals surface area (Å²) in [4.78, 5) is 8.03. The lowest BCUT2D eigenvalue weighted by Gasteiger charge is -2.17. The molecule has 0 amide bonds. The molecule has 4 aliphatic heterocycles. The van der Waals surface area contributed by atoms with Crippen molar-refractivity contribution in [3.05, 3.63) is 45.1 Å². The highest BCUT2D eigenvalue weighted by atomic mass is 15.1. The number of hydrogen-bond donors (Lipinski definition) is 6. The van der Waals surface area contributed by atoms with Crippen LogP contribution in [-0.2, 0) is 0 Å². The summed E-state index contributed by atoms with van der Waals surface area (Å²) in [5.41, 5.74) is 10.6. The van der Waals surface area contributed by atoms with E-state index >= 15 is 0 Å². The summed E-state index contributed by atoms with van der Waals surface area (Å²) in [6.07, 6.45) is 3.48. The summed E-state index contributed by atoms with van der Waals surface area (Å²) in [7, 11) is 0. The van der Waals surface area contributed by atoms with Crippen molar-refractivity contribution in [1.29, 1.82) is 0 Å². The summed E-state index contributed by atoms with van der Waals surface area (Å²) in [6.45, 7) is 22.4. The van der Waals surface area contributed by atoms with E-state index in [9.17, 15) is 0 Å². The van der Waals surface area contributed by atoms with Crippen molar-refractivity contribution in [1.82, 2.24) is 31.9 Å². The lowest BCUT2D eigenvalue weighted by atomic mass is 10.2. The number of aliphatic imine (C=N–C) groups is 2. The molecular formula is C28H60N8. The quantitative estimate of drug-likeness (QED) is 0.268. The second-order valence-electron chi connectivity index (χ2n) is 8.41. The van der Waals surface area contributed by atoms with Gasteiger partial charge in [-0.3, -0.25) is 20.6 Å². The second kappa shape index (κ2) is 22.9. The highest BCUT2D eigenvalue weighted by Gasteiger charge is 2.01. The number of nitrogens with zero attached hydrogens (tertiary/aromatic N) is 2. The highest BCUT2D eigenvalue weighted by molar-refractivity contribution is 5.60. The Morgan fingerprint density at radius 1 is 0.500 bits per heavy atom. The third kappa shape index (κ3) is 16.9. The van der Waals surface area contributed by atoms with E-state index in [1.54, 1.807) is 12.7 Å². The molecule has 0 saturated carbocycles. The van der Waals surface area contributed by atoms with Gasteiger partial charge in [0.05, 0.1) is 39.1 Å². The lowest BCUT2D eigenvalue weighted by molar-refractivity contribution is 0.616. The van der Waals surface area contributed by atoms with Crippen LogP contribution in [0.15, 0.2) is 55.1 Å². The van der Waals surface area contributed by atoms with Crippen molar-refractivity contribution in [3.8, 4) is 0 Å². The number of hydrogen-bond acceptors (Lipinski definition) is 8. The summed E-state index contributed by atoms with van der Waals surface area (Å²) in [6, 6.07) is 0. The SMILES string of the molecule is C.C.C.C.CC1=C(C)NC=NC1.CC1=C(C)NC=NC1.CC1=C(C)NCNC1.CC1=C(C)NCNC1. The van der Waals surface area contributed by atoms with E-state index in [1.807, 2.05) is 0 Å². The molecule has 6 N–H and O–H groups in total. The van der Waals surface area contributed by atoms with Crippen LogP contribution in [0.3, 0.4) is 0 Å². The fourth-order valence-electron chi connectivity index (χ4n) is 2.59. The Kier molecular flexibility index (Phi) is 25.8. The molecule has 0 spiro atoms. The molecule has 4 aliphatic rings. The van der Waals surface area contributed by atoms with Crippen molar-refractivity contribution in [2.24, 2.45) is 9.98 Å². The molecule has 8 nitrogen and oxygen atoms in total. The third-order valence-corrected chi connectivity index (χ3v) is 5.70. The molecular weight excluding hydrogens is 448 g/mol. The van der Waals surface area contributed by atoms with Gasteiger partial charge in [0.1, 0.15) is 0 Å². The zero-order valence-electron chi connectivity index (χ0n) is 21.3. The van der Waals surface area contributed by atoms with Crippen LogP contribution >= 0.6 is 0 Å². The molecule has 4 heterocycles. The third-order valence-electron chi connectivity index (χ3n) is 5.70. The zero-order valence-corrected chi connectivity index (χ0v) is 21.3. The molecule has 0 unspecified atom stereocenters. The van der Waals surface area contributed by atoms with Gasteiger partial charge >= 0.3 is 0 Å². The first-order chi connectivity index (χ1) is 15.2. The Morgan fingerprint density at radius 2 is 0.833 bits per heavy atom. The Bertz CT molecular complexity index is 639. The van der Waals surface area contributed by atoms with E-state index in [-0.39, 0.29) is 29.7 Å². The molecule has 0 aliphatic carbocycles. The number of rotatable bonds is 0. The monoisotopic (exact) mass is 508 g/mol. The summed E-state index contributed by atoms with van der Waals surface area (Å²) in [5, 5.41) is 18.8. The minimum atomic E-state index is 0. The van der Waals surface area contributed by atoms with Crippen molar-refractivity contribution < 1.29 is 0 Å². The molecule has 0 saturated heterocycles. The van der Waals surface area contributed by atoms with Crippen LogP contribution in [0.25, 0.3) is 0 Å². The number of nitrogens with one attached hydrogen (secondary N) is 6. The van der Waals surface area contributed by atoms with Gasteiger partial charge in [-0.2, -0.15) is 0 Å². The van der Waals surface area contributed by atoms with Gasteiger partial charge in [0, 0.05) is 35.9 Å². The normalized spacial score (nSPS) is 17.6. The minimum Gasteiger partial charge on any atom is -0.376 e. The van der Waals surface area contributed by atoms with Gasteiger partial charge in [0.25, 0.3) is 0 Å². The summed E-state index contributed by atoms with van der Waals surface area (Å²) in [5.74, 6) is 0. The fourth-order valence-corrected chi connectivity index (χ4v) is 2.59. The maximum absolute atomic E-state index is 4.01. The highest BCUT2D eigenvalue weighted by Crippen LogP contribution is 2.03. The number of allylic oxidation sites excluding steroid dienone is 4. The van der Waals surface area contributed by atoms with E-state index in [0.29, 0.717) is 0 Å². The van der Waals surface area contributed by atoms with Gasteiger partial charge in [0.2, 0.25) is 0 Å². The van der Waals surface area contributed by atoms with E-state index in [1.165, 1.54) is 45.1 Å². The Balaban J connectivity index is -0.000000183. The van der Waals surface area contributed by atoms with Crippen LogP contribution in [0.4, 0.5) is 0 Å². The second-order valence-corrected chi connectivity index (χ2v) is 8.41. The van der Waals surface area contributed by atoms with Crippen LogP contribution < -0.4 is 31.9 Å². The zero-order chi connectivity index (χ0) is 23.9. The molecule has 0 bridgehead atoms. The molecule has 0 aromatic heterocycles. The Hall–Kier alpha value is -2.58. The molecule has 0 radical (unpaired) electrons. The molecule has 4 rings (SSSR count). The maximum atomic E-state index is 4.01. The van der Waals surface area contributed by atoms with Crippen LogP contribution in [0, 0.1) is 0 Å². The van der Waals surface area contributed by atoms with Crippen LogP contribution in [0.5, 0.6) is 0 Å². The predicted molar refractivity (Wildman–Crippen MR) is 165 cm³/mol. The molecule has 0 aromatic rings. The Morgan fingerprint density at radius 3 is 1.00 bits per heavy atom. The molecule has 0 aromatic carbocycles. The first kappa shape index (κ1) is 40.6. The van der Waals surface area contributed by atoms with Gasteiger partial charge in [-0.1, -0.05) is 29.7 Å². The van der Waals surface area contributed by atoms with Gasteiger partial charge in [-0.05, 0) is 77.7 Å². The average Bonchev–Trinajstić information content (AvgIpc) is 2.78. The smallest absolute Gasteiger partial charge is 0.0869 e. The van der Waals surface area contributed by atoms with Gasteiger partial charge in [-0.25, -0.2) is 0 Å². The Labute approximate surface area is 224 Å². The average molecular weight is 509 g/mol. The maximum Gasteiger partial charge on any atom is 0.0869 e. The minimum absolute atomic E-state index is 0. The summed E-state index contributed by atoms with van der Waals surface area (Å²) < 4.78 is 0. The van der Waals surface area contributed by atoms with E-state index < -0.39 is 0 Å². The van der Waals surface area contributed by atoms with Crippen molar-refractivity contribution in [2.75, 3.05) is 39.5 Å². The topological polar surface area (TPSA) is 96.9 Å². The lowest BCUT2D eigenvalue weighted by Crippen LogP contribution is -2.35. The molecule has 8 heteroatoms. The standard InChI is InChI=1S/2C6H12N2.2C6H10N2.4CH4/c4*1-5-3-7-4-8-6(5)2;;;;/h2*7-8H,3-4H2,1-2H3;2*4H,3H2,1-2H3,(H,7,8);4*1H4. The van der Waals surface area contributed by atoms with E-state index in [4.69, 9.17) is 0 Å². The molecule has 36 heavy (non-hydrogen) atoms. The first-order valence-corrected chi connectivity index (χ1v) is 11.3. The van der Waals surface area contributed by atoms with Gasteiger partial charge in [0.15, 0.2) is 0 Å². The molecule has 212 valence electrons. The van der Waals surface area contributed by atoms with Crippen molar-refractivity contribution in [2.45, 2.75) is 85.1 Å². The van der Waals surface area contributed by atoms with E-state index in [2.05, 4.69) is 97.3 Å². The van der Waals surface area contributed by atoms with Crippen LogP contribution in [0.1, 0.15) is 85.1 Å². The van der Waals surface area contributed by atoms with Crippen LogP contribution in [0.2, 0.25) is 0 Å². The molecule has 0 atom stereocenters. The largest absolute Gasteiger partial charge is 0.376 e. The van der Waals surface area contributed by atoms with Crippen molar-refractivity contribution >= 4 is 12.7 Å². The first-order valence-electron chi connectivity index (χ1n) is 11.3. The molecule has 0 fully saturated rings. The van der Waals surface area contributed by atoms with Gasteiger partial charge in [-0.15, -0.1) is 0 Å². The van der Waals surface area contributed by atoms with Crippen LogP contribution in [-0.4, -0.2) is 52.2 Å². The summed E-state index contributed by atoms with van der Waals surface area (Å²) >= 11 is 0. The predicted octanol–water partition coefficient (Wildman–Crippen LogP) is 5.23. The van der Waals surface area contributed by atoms with Crippen molar-refractivity contribution in [3.63, 3.8) is 0 Å².